The fraction of sp³-hybridized carbons (Fsp3) is 0.682. The molecule has 0 radical (unpaired) electrons. The standard InChI is InChI=1S/C22H36O3/c1-3-4-5-6-7-8-9-10-11-12-13-19-14-16-20(17-15-19)21(24)22(2,25)18-23/h14-17,23,25H,3-13,18H2,1-2H3. The minimum atomic E-state index is -1.70. The summed E-state index contributed by atoms with van der Waals surface area (Å²) in [5.74, 6) is -0.430. The predicted octanol–water partition coefficient (Wildman–Crippen LogP) is 5.08. The van der Waals surface area contributed by atoms with Crippen molar-refractivity contribution >= 4 is 5.78 Å². The van der Waals surface area contributed by atoms with Crippen molar-refractivity contribution in [1.29, 1.82) is 0 Å². The molecule has 0 bridgehead atoms. The van der Waals surface area contributed by atoms with E-state index in [4.69, 9.17) is 5.11 Å². The van der Waals surface area contributed by atoms with Gasteiger partial charge in [0.15, 0.2) is 5.78 Å². The first-order valence-corrected chi connectivity index (χ1v) is 9.98. The number of carbonyl (C=O) groups excluding carboxylic acids is 1. The van der Waals surface area contributed by atoms with Crippen molar-refractivity contribution in [2.24, 2.45) is 0 Å². The van der Waals surface area contributed by atoms with E-state index in [1.54, 1.807) is 12.1 Å². The number of benzene rings is 1. The summed E-state index contributed by atoms with van der Waals surface area (Å²) in [4.78, 5) is 12.0. The van der Waals surface area contributed by atoms with Gasteiger partial charge in [0.05, 0.1) is 6.61 Å². The average molecular weight is 349 g/mol. The van der Waals surface area contributed by atoms with Gasteiger partial charge in [-0.15, -0.1) is 0 Å². The Morgan fingerprint density at radius 1 is 0.880 bits per heavy atom. The van der Waals surface area contributed by atoms with Crippen LogP contribution in [-0.2, 0) is 6.42 Å². The number of unbranched alkanes of at least 4 members (excludes halogenated alkanes) is 9. The summed E-state index contributed by atoms with van der Waals surface area (Å²) in [5, 5.41) is 18.9. The predicted molar refractivity (Wildman–Crippen MR) is 104 cm³/mol. The van der Waals surface area contributed by atoms with E-state index in [1.807, 2.05) is 12.1 Å². The van der Waals surface area contributed by atoms with E-state index in [9.17, 15) is 9.90 Å². The van der Waals surface area contributed by atoms with Gasteiger partial charge in [0.25, 0.3) is 0 Å². The van der Waals surface area contributed by atoms with Crippen molar-refractivity contribution in [3.63, 3.8) is 0 Å². The molecule has 1 rings (SSSR count). The molecule has 0 saturated heterocycles. The maximum Gasteiger partial charge on any atom is 0.196 e. The number of aliphatic hydroxyl groups is 2. The summed E-state index contributed by atoms with van der Waals surface area (Å²) >= 11 is 0. The molecule has 0 aliphatic carbocycles. The smallest absolute Gasteiger partial charge is 0.196 e. The van der Waals surface area contributed by atoms with Crippen LogP contribution in [-0.4, -0.2) is 28.2 Å². The highest BCUT2D eigenvalue weighted by Crippen LogP contribution is 2.16. The molecule has 0 saturated carbocycles. The summed E-state index contributed by atoms with van der Waals surface area (Å²) in [5.41, 5.74) is -0.0245. The molecule has 3 nitrogen and oxygen atoms in total. The normalized spacial score (nSPS) is 13.6. The van der Waals surface area contributed by atoms with E-state index < -0.39 is 18.0 Å². The summed E-state index contributed by atoms with van der Waals surface area (Å²) in [6.07, 6.45) is 14.3. The Labute approximate surface area is 153 Å². The van der Waals surface area contributed by atoms with Crippen LogP contribution in [0.1, 0.15) is 94.0 Å². The van der Waals surface area contributed by atoms with E-state index in [0.29, 0.717) is 5.56 Å². The second-order valence-corrected chi connectivity index (χ2v) is 7.39. The van der Waals surface area contributed by atoms with Crippen LogP contribution in [0.5, 0.6) is 0 Å². The quantitative estimate of drug-likeness (QED) is 0.364. The van der Waals surface area contributed by atoms with Crippen molar-refractivity contribution < 1.29 is 15.0 Å². The van der Waals surface area contributed by atoms with Gasteiger partial charge >= 0.3 is 0 Å². The third-order valence-corrected chi connectivity index (χ3v) is 4.83. The van der Waals surface area contributed by atoms with Crippen LogP contribution in [0.25, 0.3) is 0 Å². The molecular weight excluding hydrogens is 312 g/mol. The topological polar surface area (TPSA) is 57.5 Å². The molecule has 0 spiro atoms. The molecule has 0 aliphatic rings. The molecule has 1 aromatic carbocycles. The fourth-order valence-corrected chi connectivity index (χ4v) is 3.02. The van der Waals surface area contributed by atoms with Gasteiger partial charge in [0.2, 0.25) is 0 Å². The van der Waals surface area contributed by atoms with Gasteiger partial charge in [-0.3, -0.25) is 4.79 Å². The molecule has 1 unspecified atom stereocenters. The number of ketones is 1. The average Bonchev–Trinajstić information content (AvgIpc) is 2.63. The number of Topliss-reactive ketones (excluding diaryl/α,β-unsaturated/α-hetero) is 1. The van der Waals surface area contributed by atoms with Crippen LogP contribution in [0, 0.1) is 0 Å². The monoisotopic (exact) mass is 348 g/mol. The Morgan fingerprint density at radius 3 is 1.84 bits per heavy atom. The highest BCUT2D eigenvalue weighted by atomic mass is 16.3. The highest BCUT2D eigenvalue weighted by molar-refractivity contribution is 6.02. The lowest BCUT2D eigenvalue weighted by atomic mass is 9.94. The number of aliphatic hydroxyl groups excluding tert-OH is 1. The number of hydrogen-bond acceptors (Lipinski definition) is 3. The maximum absolute atomic E-state index is 12.0. The minimum absolute atomic E-state index is 0.430. The Balaban J connectivity index is 2.17. The largest absolute Gasteiger partial charge is 0.393 e. The maximum atomic E-state index is 12.0. The second kappa shape index (κ2) is 12.2. The van der Waals surface area contributed by atoms with Crippen molar-refractivity contribution in [1.82, 2.24) is 0 Å². The first-order valence-electron chi connectivity index (χ1n) is 9.98. The Bertz CT molecular complexity index is 477. The lowest BCUT2D eigenvalue weighted by molar-refractivity contribution is 0.00991. The second-order valence-electron chi connectivity index (χ2n) is 7.39. The van der Waals surface area contributed by atoms with Crippen molar-refractivity contribution in [3.8, 4) is 0 Å². The molecule has 1 atom stereocenters. The first kappa shape index (κ1) is 21.9. The van der Waals surface area contributed by atoms with Gasteiger partial charge in [0, 0.05) is 5.56 Å². The summed E-state index contributed by atoms with van der Waals surface area (Å²) in [6, 6.07) is 7.40. The zero-order chi connectivity index (χ0) is 18.5. The SMILES string of the molecule is CCCCCCCCCCCCc1ccc(C(=O)C(C)(O)CO)cc1. The molecule has 0 aliphatic heterocycles. The Kier molecular flexibility index (Phi) is 10.7. The molecule has 0 fully saturated rings. The Morgan fingerprint density at radius 2 is 1.36 bits per heavy atom. The van der Waals surface area contributed by atoms with E-state index in [2.05, 4.69) is 6.92 Å². The third-order valence-electron chi connectivity index (χ3n) is 4.83. The molecule has 0 heterocycles. The Hall–Kier alpha value is -1.19. The van der Waals surface area contributed by atoms with Crippen molar-refractivity contribution in [2.45, 2.75) is 90.1 Å². The number of carbonyl (C=O) groups is 1. The van der Waals surface area contributed by atoms with Gasteiger partial charge in [-0.2, -0.15) is 0 Å². The highest BCUT2D eigenvalue weighted by Gasteiger charge is 2.30. The van der Waals surface area contributed by atoms with Crippen LogP contribution >= 0.6 is 0 Å². The van der Waals surface area contributed by atoms with E-state index in [1.165, 1.54) is 76.7 Å². The van der Waals surface area contributed by atoms with E-state index >= 15 is 0 Å². The zero-order valence-corrected chi connectivity index (χ0v) is 16.1. The van der Waals surface area contributed by atoms with Crippen LogP contribution in [0.4, 0.5) is 0 Å². The number of rotatable bonds is 14. The van der Waals surface area contributed by atoms with Gasteiger partial charge < -0.3 is 10.2 Å². The summed E-state index contributed by atoms with van der Waals surface area (Å²) < 4.78 is 0. The fourth-order valence-electron chi connectivity index (χ4n) is 3.02. The van der Waals surface area contributed by atoms with Crippen molar-refractivity contribution in [2.75, 3.05) is 6.61 Å². The van der Waals surface area contributed by atoms with Gasteiger partial charge in [-0.05, 0) is 25.3 Å². The molecule has 0 aromatic heterocycles. The van der Waals surface area contributed by atoms with Gasteiger partial charge in [-0.1, -0.05) is 89.0 Å². The zero-order valence-electron chi connectivity index (χ0n) is 16.1. The van der Waals surface area contributed by atoms with Crippen LogP contribution in [0.3, 0.4) is 0 Å². The molecule has 1 aromatic rings. The third kappa shape index (κ3) is 8.64. The lowest BCUT2D eigenvalue weighted by Gasteiger charge is -2.18. The molecule has 0 amide bonds. The van der Waals surface area contributed by atoms with Crippen LogP contribution < -0.4 is 0 Å². The van der Waals surface area contributed by atoms with Crippen LogP contribution in [0.2, 0.25) is 0 Å². The van der Waals surface area contributed by atoms with Crippen molar-refractivity contribution in [3.05, 3.63) is 35.4 Å². The van der Waals surface area contributed by atoms with Crippen LogP contribution in [0.15, 0.2) is 24.3 Å². The first-order chi connectivity index (χ1) is 12.0. The molecule has 25 heavy (non-hydrogen) atoms. The van der Waals surface area contributed by atoms with Gasteiger partial charge in [-0.25, -0.2) is 0 Å². The number of hydrogen-bond donors (Lipinski definition) is 2. The molecule has 142 valence electrons. The molecule has 2 N–H and O–H groups in total. The summed E-state index contributed by atoms with van der Waals surface area (Å²) in [7, 11) is 0. The lowest BCUT2D eigenvalue weighted by Crippen LogP contribution is -2.38. The van der Waals surface area contributed by atoms with E-state index in [0.717, 1.165) is 6.42 Å². The van der Waals surface area contributed by atoms with Gasteiger partial charge in [0.1, 0.15) is 5.60 Å². The molecular formula is C22H36O3. The minimum Gasteiger partial charge on any atom is -0.393 e. The number of aryl methyl sites for hydroxylation is 1. The van der Waals surface area contributed by atoms with E-state index in [-0.39, 0.29) is 0 Å². The molecule has 3 heteroatoms. The summed E-state index contributed by atoms with van der Waals surface area (Å²) in [6.45, 7) is 3.03.